The predicted octanol–water partition coefficient (Wildman–Crippen LogP) is 2.82. The maximum Gasteiger partial charge on any atom is 0.0873 e. The van der Waals surface area contributed by atoms with Crippen LogP contribution >= 0.6 is 11.6 Å². The minimum absolute atomic E-state index is 0.150. The molecule has 0 spiro atoms. The Morgan fingerprint density at radius 2 is 1.95 bits per heavy atom. The van der Waals surface area contributed by atoms with Crippen molar-refractivity contribution in [1.29, 1.82) is 0 Å². The van der Waals surface area contributed by atoms with Crippen LogP contribution < -0.4 is 5.73 Å². The molecular formula is C15H17ClN2O. The summed E-state index contributed by atoms with van der Waals surface area (Å²) in [4.78, 5) is 3.98. The Balaban J connectivity index is 2.33. The van der Waals surface area contributed by atoms with Gasteiger partial charge in [-0.15, -0.1) is 0 Å². The summed E-state index contributed by atoms with van der Waals surface area (Å²) in [6.07, 6.45) is 2.77. The lowest BCUT2D eigenvalue weighted by atomic mass is 9.88. The molecular weight excluding hydrogens is 260 g/mol. The average molecular weight is 277 g/mol. The molecule has 100 valence electrons. The second-order valence-corrected chi connectivity index (χ2v) is 5.00. The number of hydrogen-bond acceptors (Lipinski definition) is 3. The van der Waals surface area contributed by atoms with Crippen molar-refractivity contribution in [3.8, 4) is 0 Å². The first-order valence-electron chi connectivity index (χ1n) is 6.17. The topological polar surface area (TPSA) is 59.1 Å². The Kier molecular flexibility index (Phi) is 4.53. The number of benzene rings is 1. The maximum atomic E-state index is 10.6. The Morgan fingerprint density at radius 3 is 2.53 bits per heavy atom. The molecule has 0 saturated carbocycles. The molecule has 2 atom stereocenters. The smallest absolute Gasteiger partial charge is 0.0873 e. The number of pyridine rings is 1. The summed E-state index contributed by atoms with van der Waals surface area (Å²) in [5, 5.41) is 11.2. The van der Waals surface area contributed by atoms with Gasteiger partial charge in [0.1, 0.15) is 0 Å². The Morgan fingerprint density at radius 1 is 1.26 bits per heavy atom. The van der Waals surface area contributed by atoms with Crippen LogP contribution in [-0.4, -0.2) is 16.6 Å². The van der Waals surface area contributed by atoms with Crippen LogP contribution in [0.1, 0.15) is 28.7 Å². The summed E-state index contributed by atoms with van der Waals surface area (Å²) >= 11 is 5.94. The van der Waals surface area contributed by atoms with Crippen molar-refractivity contribution < 1.29 is 5.11 Å². The molecule has 1 aromatic heterocycles. The van der Waals surface area contributed by atoms with Crippen LogP contribution in [0, 0.1) is 6.92 Å². The Bertz CT molecular complexity index is 545. The number of aliphatic hydroxyl groups is 1. The number of rotatable bonds is 4. The number of hydrogen-bond donors (Lipinski definition) is 2. The molecule has 0 aliphatic carbocycles. The zero-order valence-corrected chi connectivity index (χ0v) is 11.5. The highest BCUT2D eigenvalue weighted by molar-refractivity contribution is 6.30. The van der Waals surface area contributed by atoms with Crippen LogP contribution in [0.2, 0.25) is 5.02 Å². The molecule has 2 aromatic rings. The van der Waals surface area contributed by atoms with Crippen molar-refractivity contribution in [3.05, 3.63) is 64.4 Å². The van der Waals surface area contributed by atoms with E-state index in [0.717, 1.165) is 16.7 Å². The van der Waals surface area contributed by atoms with Gasteiger partial charge < -0.3 is 10.8 Å². The van der Waals surface area contributed by atoms with E-state index in [1.165, 1.54) is 0 Å². The first-order chi connectivity index (χ1) is 9.13. The molecule has 0 fully saturated rings. The quantitative estimate of drug-likeness (QED) is 0.903. The van der Waals surface area contributed by atoms with E-state index >= 15 is 0 Å². The molecule has 0 amide bonds. The number of nitrogens with two attached hydrogens (primary N) is 1. The first-order valence-corrected chi connectivity index (χ1v) is 6.55. The fraction of sp³-hybridized carbons (Fsp3) is 0.267. The van der Waals surface area contributed by atoms with E-state index in [1.54, 1.807) is 18.5 Å². The third-order valence-electron chi connectivity index (χ3n) is 3.32. The molecule has 0 aliphatic heterocycles. The molecule has 0 aliphatic rings. The molecule has 4 heteroatoms. The third-order valence-corrected chi connectivity index (χ3v) is 3.55. The van der Waals surface area contributed by atoms with Crippen LogP contribution in [0.3, 0.4) is 0 Å². The van der Waals surface area contributed by atoms with Crippen molar-refractivity contribution in [2.45, 2.75) is 18.9 Å². The van der Waals surface area contributed by atoms with E-state index in [-0.39, 0.29) is 5.92 Å². The highest BCUT2D eigenvalue weighted by atomic mass is 35.5. The van der Waals surface area contributed by atoms with Crippen molar-refractivity contribution in [3.63, 3.8) is 0 Å². The zero-order valence-electron chi connectivity index (χ0n) is 10.8. The second kappa shape index (κ2) is 6.15. The lowest BCUT2D eigenvalue weighted by molar-refractivity contribution is 0.146. The van der Waals surface area contributed by atoms with Crippen LogP contribution in [0.25, 0.3) is 0 Å². The van der Waals surface area contributed by atoms with Crippen LogP contribution in [0.4, 0.5) is 0 Å². The molecule has 0 bridgehead atoms. The molecule has 3 nitrogen and oxygen atoms in total. The molecule has 1 heterocycles. The van der Waals surface area contributed by atoms with E-state index in [9.17, 15) is 5.11 Å². The van der Waals surface area contributed by atoms with Crippen LogP contribution in [0.5, 0.6) is 0 Å². The Labute approximate surface area is 118 Å². The van der Waals surface area contributed by atoms with Gasteiger partial charge >= 0.3 is 0 Å². The molecule has 0 radical (unpaired) electrons. The second-order valence-electron chi connectivity index (χ2n) is 4.57. The number of aromatic nitrogens is 1. The summed E-state index contributed by atoms with van der Waals surface area (Å²) < 4.78 is 0. The average Bonchev–Trinajstić information content (AvgIpc) is 2.40. The fourth-order valence-corrected chi connectivity index (χ4v) is 2.47. The van der Waals surface area contributed by atoms with Gasteiger partial charge in [-0.05, 0) is 47.9 Å². The lowest BCUT2D eigenvalue weighted by Gasteiger charge is -2.23. The summed E-state index contributed by atoms with van der Waals surface area (Å²) in [7, 11) is 0. The van der Waals surface area contributed by atoms with Gasteiger partial charge in [0.15, 0.2) is 0 Å². The van der Waals surface area contributed by atoms with Gasteiger partial charge in [-0.1, -0.05) is 17.7 Å². The van der Waals surface area contributed by atoms with Gasteiger partial charge in [0.25, 0.3) is 0 Å². The highest BCUT2D eigenvalue weighted by Gasteiger charge is 2.22. The van der Waals surface area contributed by atoms with Crippen molar-refractivity contribution in [2.24, 2.45) is 5.73 Å². The zero-order chi connectivity index (χ0) is 13.8. The van der Waals surface area contributed by atoms with E-state index < -0.39 is 6.10 Å². The summed E-state index contributed by atoms with van der Waals surface area (Å²) in [5.41, 5.74) is 8.63. The predicted molar refractivity (Wildman–Crippen MR) is 77.2 cm³/mol. The SMILES string of the molecule is Cc1cc(Cl)ccc1C(O)C(CN)c1ccncc1. The van der Waals surface area contributed by atoms with Gasteiger partial charge in [0.2, 0.25) is 0 Å². The van der Waals surface area contributed by atoms with E-state index in [1.807, 2.05) is 31.2 Å². The van der Waals surface area contributed by atoms with Crippen molar-refractivity contribution >= 4 is 11.6 Å². The van der Waals surface area contributed by atoms with Gasteiger partial charge in [-0.25, -0.2) is 0 Å². The van der Waals surface area contributed by atoms with Gasteiger partial charge in [0.05, 0.1) is 6.10 Å². The summed E-state index contributed by atoms with van der Waals surface area (Å²) in [6.45, 7) is 2.30. The number of nitrogens with zero attached hydrogens (tertiary/aromatic N) is 1. The molecule has 3 N–H and O–H groups in total. The van der Waals surface area contributed by atoms with E-state index in [4.69, 9.17) is 17.3 Å². The third kappa shape index (κ3) is 3.13. The molecule has 2 rings (SSSR count). The van der Waals surface area contributed by atoms with Gasteiger partial charge in [-0.3, -0.25) is 4.98 Å². The van der Waals surface area contributed by atoms with Gasteiger partial charge in [0, 0.05) is 29.9 Å². The van der Waals surface area contributed by atoms with E-state index in [2.05, 4.69) is 4.98 Å². The molecule has 19 heavy (non-hydrogen) atoms. The lowest BCUT2D eigenvalue weighted by Crippen LogP contribution is -2.20. The largest absolute Gasteiger partial charge is 0.388 e. The maximum absolute atomic E-state index is 10.6. The van der Waals surface area contributed by atoms with Crippen LogP contribution in [-0.2, 0) is 0 Å². The normalized spacial score (nSPS) is 14.1. The minimum atomic E-state index is -0.648. The molecule has 0 saturated heterocycles. The first kappa shape index (κ1) is 14.0. The van der Waals surface area contributed by atoms with Gasteiger partial charge in [-0.2, -0.15) is 0 Å². The number of aryl methyl sites for hydroxylation is 1. The Hall–Kier alpha value is -1.42. The van der Waals surface area contributed by atoms with Crippen LogP contribution in [0.15, 0.2) is 42.7 Å². The summed E-state index contributed by atoms with van der Waals surface area (Å²) in [5.74, 6) is -0.150. The minimum Gasteiger partial charge on any atom is -0.388 e. The van der Waals surface area contributed by atoms with Crippen molar-refractivity contribution in [1.82, 2.24) is 4.98 Å². The monoisotopic (exact) mass is 276 g/mol. The summed E-state index contributed by atoms with van der Waals surface area (Å²) in [6, 6.07) is 9.25. The number of halogens is 1. The highest BCUT2D eigenvalue weighted by Crippen LogP contribution is 2.32. The van der Waals surface area contributed by atoms with Crippen molar-refractivity contribution in [2.75, 3.05) is 6.54 Å². The molecule has 1 aromatic carbocycles. The fourth-order valence-electron chi connectivity index (χ4n) is 2.25. The molecule has 2 unspecified atom stereocenters. The van der Waals surface area contributed by atoms with E-state index in [0.29, 0.717) is 11.6 Å². The standard InChI is InChI=1S/C15H17ClN2O/c1-10-8-12(16)2-3-13(10)15(19)14(9-17)11-4-6-18-7-5-11/h2-8,14-15,19H,9,17H2,1H3. The number of aliphatic hydroxyl groups excluding tert-OH is 1.